The van der Waals surface area contributed by atoms with Crippen LogP contribution in [-0.4, -0.2) is 24.4 Å². The van der Waals surface area contributed by atoms with Crippen LogP contribution in [0.15, 0.2) is 24.3 Å². The van der Waals surface area contributed by atoms with Crippen LogP contribution in [0.3, 0.4) is 0 Å². The van der Waals surface area contributed by atoms with Gasteiger partial charge in [-0.25, -0.2) is 0 Å². The molecule has 1 fully saturated rings. The van der Waals surface area contributed by atoms with Gasteiger partial charge in [0.2, 0.25) is 0 Å². The molecule has 1 heterocycles. The van der Waals surface area contributed by atoms with Gasteiger partial charge in [0.25, 0.3) is 0 Å². The summed E-state index contributed by atoms with van der Waals surface area (Å²) in [6.45, 7) is 12.6. The maximum Gasteiger partial charge on any atom is 0.494 e. The smallest absolute Gasteiger partial charge is 0.490 e. The molecule has 0 saturated carbocycles. The molecule has 21 heavy (non-hydrogen) atoms. The van der Waals surface area contributed by atoms with Crippen LogP contribution in [0, 0.1) is 0 Å². The molecule has 0 atom stereocenters. The van der Waals surface area contributed by atoms with Gasteiger partial charge in [0, 0.05) is 0 Å². The molecule has 0 N–H and O–H groups in total. The highest BCUT2D eigenvalue weighted by atomic mass is 16.7. The molecule has 0 aromatic heterocycles. The van der Waals surface area contributed by atoms with Crippen molar-refractivity contribution in [2.24, 2.45) is 0 Å². The zero-order valence-electron chi connectivity index (χ0n) is 14.1. The summed E-state index contributed by atoms with van der Waals surface area (Å²) in [5.41, 5.74) is 0.380. The summed E-state index contributed by atoms with van der Waals surface area (Å²) in [5.74, 6) is 0.885. The lowest BCUT2D eigenvalue weighted by Gasteiger charge is -2.32. The average Bonchev–Trinajstić information content (AvgIpc) is 2.65. The average molecular weight is 290 g/mol. The van der Waals surface area contributed by atoms with Crippen LogP contribution in [0.25, 0.3) is 0 Å². The predicted molar refractivity (Wildman–Crippen MR) is 87.2 cm³/mol. The first-order chi connectivity index (χ1) is 9.79. The monoisotopic (exact) mass is 290 g/mol. The van der Waals surface area contributed by atoms with Crippen molar-refractivity contribution < 1.29 is 14.0 Å². The molecule has 4 heteroatoms. The molecule has 0 unspecified atom stereocenters. The molecule has 1 saturated heterocycles. The third kappa shape index (κ3) is 3.43. The van der Waals surface area contributed by atoms with Crippen LogP contribution in [0.1, 0.15) is 54.4 Å². The molecule has 1 aromatic carbocycles. The summed E-state index contributed by atoms with van der Waals surface area (Å²) in [7, 11) is -0.333. The first-order valence-corrected chi connectivity index (χ1v) is 7.91. The van der Waals surface area contributed by atoms with Crippen LogP contribution < -0.4 is 10.2 Å². The van der Waals surface area contributed by atoms with Gasteiger partial charge in [-0.3, -0.25) is 0 Å². The molecule has 0 amide bonds. The Kier molecular flexibility index (Phi) is 4.69. The van der Waals surface area contributed by atoms with Crippen molar-refractivity contribution in [3.05, 3.63) is 24.3 Å². The number of hydrogen-bond acceptors (Lipinski definition) is 3. The van der Waals surface area contributed by atoms with Gasteiger partial charge in [-0.05, 0) is 58.1 Å². The van der Waals surface area contributed by atoms with Crippen LogP contribution in [0.2, 0.25) is 0 Å². The van der Waals surface area contributed by atoms with Crippen LogP contribution >= 0.6 is 0 Å². The second kappa shape index (κ2) is 6.01. The highest BCUT2D eigenvalue weighted by molar-refractivity contribution is 6.62. The summed E-state index contributed by atoms with van der Waals surface area (Å²) in [5, 5.41) is 0. The van der Waals surface area contributed by atoms with E-state index in [0.717, 1.165) is 24.1 Å². The Morgan fingerprint density at radius 3 is 2.14 bits per heavy atom. The topological polar surface area (TPSA) is 27.7 Å². The Morgan fingerprint density at radius 2 is 1.62 bits per heavy atom. The largest absolute Gasteiger partial charge is 0.494 e. The van der Waals surface area contributed by atoms with Crippen LogP contribution in [0.4, 0.5) is 0 Å². The quantitative estimate of drug-likeness (QED) is 0.776. The lowest BCUT2D eigenvalue weighted by molar-refractivity contribution is 0.00578. The van der Waals surface area contributed by atoms with Crippen molar-refractivity contribution in [3.8, 4) is 5.75 Å². The molecule has 1 aromatic rings. The van der Waals surface area contributed by atoms with Gasteiger partial charge in [-0.15, -0.1) is 0 Å². The highest BCUT2D eigenvalue weighted by Gasteiger charge is 2.51. The van der Waals surface area contributed by atoms with E-state index in [1.807, 2.05) is 24.3 Å². The maximum atomic E-state index is 6.08. The molecule has 1 aliphatic rings. The first-order valence-electron chi connectivity index (χ1n) is 7.91. The summed E-state index contributed by atoms with van der Waals surface area (Å²) >= 11 is 0. The van der Waals surface area contributed by atoms with E-state index >= 15 is 0 Å². The third-order valence-corrected chi connectivity index (χ3v) is 4.60. The van der Waals surface area contributed by atoms with E-state index in [4.69, 9.17) is 14.0 Å². The van der Waals surface area contributed by atoms with Gasteiger partial charge in [0.15, 0.2) is 0 Å². The van der Waals surface area contributed by atoms with Gasteiger partial charge >= 0.3 is 7.12 Å². The molecule has 1 aliphatic heterocycles. The number of rotatable bonds is 5. The van der Waals surface area contributed by atoms with Gasteiger partial charge in [-0.1, -0.05) is 26.0 Å². The Morgan fingerprint density at radius 1 is 1.05 bits per heavy atom. The summed E-state index contributed by atoms with van der Waals surface area (Å²) < 4.78 is 18.2. The molecule has 0 aliphatic carbocycles. The van der Waals surface area contributed by atoms with Crippen molar-refractivity contribution >= 4 is 12.6 Å². The van der Waals surface area contributed by atoms with Gasteiger partial charge in [-0.2, -0.15) is 0 Å². The van der Waals surface area contributed by atoms with Gasteiger partial charge in [0.05, 0.1) is 17.3 Å². The molecular formula is C17H27BO3. The predicted octanol–water partition coefficient (Wildman–Crippen LogP) is 3.55. The number of hydrogen-bond donors (Lipinski definition) is 0. The summed E-state index contributed by atoms with van der Waals surface area (Å²) in [6.07, 6.45) is 2.28. The molecule has 3 nitrogen and oxygen atoms in total. The Bertz CT molecular complexity index is 465. The second-order valence-electron chi connectivity index (χ2n) is 6.72. The zero-order chi connectivity index (χ0) is 15.7. The standard InChI is InChI=1S/C17H27BO3/c1-7-14(8-2)19-15-11-9-10-13(12-15)18-20-16(3,4)17(5,6)21-18/h9-12,14H,7-8H2,1-6H3. The lowest BCUT2D eigenvalue weighted by Crippen LogP contribution is -2.41. The van der Waals surface area contributed by atoms with E-state index in [-0.39, 0.29) is 24.4 Å². The minimum absolute atomic E-state index is 0.263. The summed E-state index contributed by atoms with van der Waals surface area (Å²) in [6, 6.07) is 8.05. The van der Waals surface area contributed by atoms with E-state index in [9.17, 15) is 0 Å². The van der Waals surface area contributed by atoms with Crippen molar-refractivity contribution in [2.75, 3.05) is 0 Å². The molecular weight excluding hydrogens is 263 g/mol. The molecule has 2 rings (SSSR count). The van der Waals surface area contributed by atoms with E-state index in [1.54, 1.807) is 0 Å². The van der Waals surface area contributed by atoms with E-state index in [0.29, 0.717) is 0 Å². The van der Waals surface area contributed by atoms with Gasteiger partial charge in [0.1, 0.15) is 5.75 Å². The van der Waals surface area contributed by atoms with Crippen molar-refractivity contribution in [2.45, 2.75) is 71.7 Å². The maximum absolute atomic E-state index is 6.08. The minimum Gasteiger partial charge on any atom is -0.490 e. The highest BCUT2D eigenvalue weighted by Crippen LogP contribution is 2.36. The van der Waals surface area contributed by atoms with Crippen molar-refractivity contribution in [1.29, 1.82) is 0 Å². The Balaban J connectivity index is 2.15. The lowest BCUT2D eigenvalue weighted by atomic mass is 9.79. The number of benzene rings is 1. The van der Waals surface area contributed by atoms with E-state index < -0.39 is 0 Å². The van der Waals surface area contributed by atoms with Crippen LogP contribution in [-0.2, 0) is 9.31 Å². The summed E-state index contributed by atoms with van der Waals surface area (Å²) in [4.78, 5) is 0. The SMILES string of the molecule is CCC(CC)Oc1cccc(B2OC(C)(C)C(C)(C)O2)c1. The third-order valence-electron chi connectivity index (χ3n) is 4.60. The zero-order valence-corrected chi connectivity index (χ0v) is 14.1. The molecule has 0 spiro atoms. The second-order valence-corrected chi connectivity index (χ2v) is 6.72. The van der Waals surface area contributed by atoms with E-state index in [1.165, 1.54) is 0 Å². The Hall–Kier alpha value is -0.995. The van der Waals surface area contributed by atoms with E-state index in [2.05, 4.69) is 41.5 Å². The molecule has 0 radical (unpaired) electrons. The van der Waals surface area contributed by atoms with Crippen molar-refractivity contribution in [3.63, 3.8) is 0 Å². The fourth-order valence-electron chi connectivity index (χ4n) is 2.36. The first kappa shape index (κ1) is 16.4. The van der Waals surface area contributed by atoms with Crippen LogP contribution in [0.5, 0.6) is 5.75 Å². The fourth-order valence-corrected chi connectivity index (χ4v) is 2.36. The van der Waals surface area contributed by atoms with Gasteiger partial charge < -0.3 is 14.0 Å². The number of ether oxygens (including phenoxy) is 1. The molecule has 116 valence electrons. The Labute approximate surface area is 129 Å². The normalized spacial score (nSPS) is 20.0. The fraction of sp³-hybridized carbons (Fsp3) is 0.647. The van der Waals surface area contributed by atoms with Crippen molar-refractivity contribution in [1.82, 2.24) is 0 Å². The minimum atomic E-state index is -0.333. The molecule has 0 bridgehead atoms.